The topological polar surface area (TPSA) is 91.2 Å². The molecule has 33 heavy (non-hydrogen) atoms. The SMILES string of the molecule is Cc1ccccc1NC(=O)/C(C#N)=C/c1ccc(OCC(=O)Nc2ccc(Cl)cc2)c(Cl)c1. The van der Waals surface area contributed by atoms with E-state index in [1.807, 2.05) is 25.1 Å². The van der Waals surface area contributed by atoms with Crippen molar-refractivity contribution in [2.24, 2.45) is 0 Å². The molecular weight excluding hydrogens is 461 g/mol. The minimum Gasteiger partial charge on any atom is -0.482 e. The van der Waals surface area contributed by atoms with Crippen LogP contribution in [0, 0.1) is 18.3 Å². The highest BCUT2D eigenvalue weighted by molar-refractivity contribution is 6.32. The van der Waals surface area contributed by atoms with Gasteiger partial charge in [-0.2, -0.15) is 5.26 Å². The Kier molecular flexibility index (Phi) is 8.09. The molecule has 0 aromatic heterocycles. The lowest BCUT2D eigenvalue weighted by Gasteiger charge is -2.10. The second-order valence-corrected chi connectivity index (χ2v) is 7.82. The van der Waals surface area contributed by atoms with E-state index in [1.165, 1.54) is 6.08 Å². The van der Waals surface area contributed by atoms with Crippen LogP contribution in [-0.2, 0) is 9.59 Å². The standard InChI is InChI=1S/C25H19Cl2N3O3/c1-16-4-2-3-5-22(16)30-25(32)18(14-28)12-17-6-11-23(21(27)13-17)33-15-24(31)29-20-9-7-19(26)8-10-20/h2-13H,15H2,1H3,(H,29,31)(H,30,32)/b18-12+. The van der Waals surface area contributed by atoms with Gasteiger partial charge in [-0.1, -0.05) is 47.5 Å². The van der Waals surface area contributed by atoms with Gasteiger partial charge in [-0.3, -0.25) is 9.59 Å². The van der Waals surface area contributed by atoms with E-state index in [0.717, 1.165) is 5.56 Å². The third-order valence-corrected chi connectivity index (χ3v) is 5.06. The summed E-state index contributed by atoms with van der Waals surface area (Å²) in [6, 6.07) is 20.6. The molecule has 0 fully saturated rings. The van der Waals surface area contributed by atoms with Gasteiger partial charge in [0.1, 0.15) is 17.4 Å². The molecule has 0 bridgehead atoms. The highest BCUT2D eigenvalue weighted by atomic mass is 35.5. The zero-order valence-electron chi connectivity index (χ0n) is 17.6. The van der Waals surface area contributed by atoms with Crippen LogP contribution >= 0.6 is 23.2 Å². The first-order valence-electron chi connectivity index (χ1n) is 9.82. The van der Waals surface area contributed by atoms with Crippen LogP contribution in [0.3, 0.4) is 0 Å². The Labute approximate surface area is 201 Å². The summed E-state index contributed by atoms with van der Waals surface area (Å²) in [5, 5.41) is 15.6. The number of nitrogens with one attached hydrogen (secondary N) is 2. The maximum absolute atomic E-state index is 12.5. The molecule has 0 unspecified atom stereocenters. The van der Waals surface area contributed by atoms with Crippen LogP contribution in [0.4, 0.5) is 11.4 Å². The molecule has 0 saturated heterocycles. The zero-order chi connectivity index (χ0) is 23.8. The summed E-state index contributed by atoms with van der Waals surface area (Å²) < 4.78 is 5.49. The number of nitriles is 1. The second-order valence-electron chi connectivity index (χ2n) is 6.97. The number of hydrogen-bond donors (Lipinski definition) is 2. The Bertz CT molecular complexity index is 1250. The average Bonchev–Trinajstić information content (AvgIpc) is 2.80. The fourth-order valence-corrected chi connectivity index (χ4v) is 3.19. The molecule has 3 rings (SSSR count). The van der Waals surface area contributed by atoms with Crippen molar-refractivity contribution in [3.8, 4) is 11.8 Å². The third-order valence-electron chi connectivity index (χ3n) is 4.51. The molecule has 8 heteroatoms. The van der Waals surface area contributed by atoms with E-state index in [-0.39, 0.29) is 23.1 Å². The number of ether oxygens (including phenoxy) is 1. The van der Waals surface area contributed by atoms with E-state index < -0.39 is 5.91 Å². The Balaban J connectivity index is 1.63. The van der Waals surface area contributed by atoms with Crippen LogP contribution in [0.15, 0.2) is 72.3 Å². The molecule has 3 aromatic rings. The van der Waals surface area contributed by atoms with Crippen LogP contribution in [0.25, 0.3) is 6.08 Å². The molecule has 0 saturated carbocycles. The Morgan fingerprint density at radius 1 is 1.03 bits per heavy atom. The van der Waals surface area contributed by atoms with Crippen molar-refractivity contribution in [3.63, 3.8) is 0 Å². The Morgan fingerprint density at radius 2 is 1.76 bits per heavy atom. The average molecular weight is 480 g/mol. The van der Waals surface area contributed by atoms with Crippen LogP contribution in [0.1, 0.15) is 11.1 Å². The molecule has 0 heterocycles. The molecule has 6 nitrogen and oxygen atoms in total. The van der Waals surface area contributed by atoms with Crippen LogP contribution in [0.5, 0.6) is 5.75 Å². The van der Waals surface area contributed by atoms with Crippen molar-refractivity contribution >= 4 is 52.5 Å². The predicted molar refractivity (Wildman–Crippen MR) is 130 cm³/mol. The molecule has 2 amide bonds. The van der Waals surface area contributed by atoms with Gasteiger partial charge in [0.15, 0.2) is 6.61 Å². The number of anilines is 2. The maximum Gasteiger partial charge on any atom is 0.266 e. The summed E-state index contributed by atoms with van der Waals surface area (Å²) >= 11 is 12.1. The molecule has 0 aliphatic heterocycles. The summed E-state index contributed by atoms with van der Waals surface area (Å²) in [5.74, 6) is -0.595. The summed E-state index contributed by atoms with van der Waals surface area (Å²) in [5.41, 5.74) is 2.56. The van der Waals surface area contributed by atoms with Gasteiger partial charge < -0.3 is 15.4 Å². The van der Waals surface area contributed by atoms with E-state index in [4.69, 9.17) is 27.9 Å². The summed E-state index contributed by atoms with van der Waals surface area (Å²) in [6.45, 7) is 1.61. The van der Waals surface area contributed by atoms with Gasteiger partial charge in [0.2, 0.25) is 0 Å². The molecule has 0 spiro atoms. The number of aryl methyl sites for hydroxylation is 1. The zero-order valence-corrected chi connectivity index (χ0v) is 19.1. The van der Waals surface area contributed by atoms with Crippen molar-refractivity contribution in [2.45, 2.75) is 6.92 Å². The van der Waals surface area contributed by atoms with Crippen molar-refractivity contribution in [1.29, 1.82) is 5.26 Å². The third kappa shape index (κ3) is 6.84. The van der Waals surface area contributed by atoms with Gasteiger partial charge in [-0.15, -0.1) is 0 Å². The van der Waals surface area contributed by atoms with Crippen LogP contribution < -0.4 is 15.4 Å². The minimum atomic E-state index is -0.526. The van der Waals surface area contributed by atoms with E-state index in [1.54, 1.807) is 54.6 Å². The first kappa shape index (κ1) is 23.9. The molecule has 0 aliphatic rings. The summed E-state index contributed by atoms with van der Waals surface area (Å²) in [4.78, 5) is 24.6. The predicted octanol–water partition coefficient (Wildman–Crippen LogP) is 5.87. The summed E-state index contributed by atoms with van der Waals surface area (Å²) in [6.07, 6.45) is 1.43. The van der Waals surface area contributed by atoms with E-state index in [0.29, 0.717) is 27.7 Å². The van der Waals surface area contributed by atoms with E-state index in [2.05, 4.69) is 10.6 Å². The number of amides is 2. The highest BCUT2D eigenvalue weighted by Crippen LogP contribution is 2.27. The second kappa shape index (κ2) is 11.2. The lowest BCUT2D eigenvalue weighted by Crippen LogP contribution is -2.20. The van der Waals surface area contributed by atoms with Gasteiger partial charge in [-0.05, 0) is 66.6 Å². The molecule has 0 aliphatic carbocycles. The number of halogens is 2. The number of carbonyl (C=O) groups is 2. The molecule has 2 N–H and O–H groups in total. The Morgan fingerprint density at radius 3 is 2.42 bits per heavy atom. The van der Waals surface area contributed by atoms with Gasteiger partial charge in [0, 0.05) is 16.4 Å². The fourth-order valence-electron chi connectivity index (χ4n) is 2.82. The molecule has 3 aromatic carbocycles. The van der Waals surface area contributed by atoms with Crippen molar-refractivity contribution < 1.29 is 14.3 Å². The lowest BCUT2D eigenvalue weighted by molar-refractivity contribution is -0.118. The lowest BCUT2D eigenvalue weighted by atomic mass is 10.1. The number of carbonyl (C=O) groups excluding carboxylic acids is 2. The molecular formula is C25H19Cl2N3O3. The monoisotopic (exact) mass is 479 g/mol. The highest BCUT2D eigenvalue weighted by Gasteiger charge is 2.12. The first-order chi connectivity index (χ1) is 15.9. The van der Waals surface area contributed by atoms with Gasteiger partial charge in [0.05, 0.1) is 5.02 Å². The number of para-hydroxylation sites is 1. The molecule has 0 radical (unpaired) electrons. The van der Waals surface area contributed by atoms with Gasteiger partial charge in [-0.25, -0.2) is 0 Å². The van der Waals surface area contributed by atoms with Crippen molar-refractivity contribution in [3.05, 3.63) is 93.5 Å². The quantitative estimate of drug-likeness (QED) is 0.327. The number of nitrogens with zero attached hydrogens (tertiary/aromatic N) is 1. The maximum atomic E-state index is 12.5. The molecule has 166 valence electrons. The number of rotatable bonds is 7. The van der Waals surface area contributed by atoms with Gasteiger partial charge in [0.25, 0.3) is 11.8 Å². The largest absolute Gasteiger partial charge is 0.482 e. The van der Waals surface area contributed by atoms with Crippen molar-refractivity contribution in [2.75, 3.05) is 17.2 Å². The fraction of sp³-hybridized carbons (Fsp3) is 0.0800. The molecule has 0 atom stereocenters. The van der Waals surface area contributed by atoms with E-state index >= 15 is 0 Å². The Hall–Kier alpha value is -3.79. The van der Waals surface area contributed by atoms with Crippen molar-refractivity contribution in [1.82, 2.24) is 0 Å². The minimum absolute atomic E-state index is 0.0784. The van der Waals surface area contributed by atoms with E-state index in [9.17, 15) is 14.9 Å². The normalized spacial score (nSPS) is 10.8. The smallest absolute Gasteiger partial charge is 0.266 e. The summed E-state index contributed by atoms with van der Waals surface area (Å²) in [7, 11) is 0. The number of hydrogen-bond acceptors (Lipinski definition) is 4. The number of benzene rings is 3. The van der Waals surface area contributed by atoms with Crippen LogP contribution in [0.2, 0.25) is 10.0 Å². The van der Waals surface area contributed by atoms with Gasteiger partial charge >= 0.3 is 0 Å². The first-order valence-corrected chi connectivity index (χ1v) is 10.6. The van der Waals surface area contributed by atoms with Crippen LogP contribution in [-0.4, -0.2) is 18.4 Å².